The van der Waals surface area contributed by atoms with E-state index in [9.17, 15) is 0 Å². The van der Waals surface area contributed by atoms with Gasteiger partial charge in [0.25, 0.3) is 0 Å². The van der Waals surface area contributed by atoms with E-state index >= 15 is 0 Å². The van der Waals surface area contributed by atoms with Gasteiger partial charge in [0, 0.05) is 188 Å². The Hall–Kier alpha value is -11.1. The summed E-state index contributed by atoms with van der Waals surface area (Å²) in [6.45, 7) is 4.23. The van der Waals surface area contributed by atoms with Crippen molar-refractivity contribution in [2.45, 2.75) is 21.9 Å². The van der Waals surface area contributed by atoms with Crippen LogP contribution in [0.2, 0.25) is 0 Å². The van der Waals surface area contributed by atoms with Crippen LogP contribution in [0, 0.1) is 25.5 Å². The number of aromatic nitrogens is 14. The number of hydrogen-bond donors (Lipinski definition) is 0. The molecule has 20 heteroatoms. The van der Waals surface area contributed by atoms with E-state index in [1.54, 1.807) is 12.4 Å². The number of anilines is 4. The third-order valence-corrected chi connectivity index (χ3v) is 19.9. The molecule has 12 aromatic heterocycles. The van der Waals surface area contributed by atoms with E-state index in [1.807, 2.05) is 143 Å². The van der Waals surface area contributed by atoms with Crippen LogP contribution < -0.4 is 29.8 Å². The minimum Gasteiger partial charge on any atom is -0.581 e. The summed E-state index contributed by atoms with van der Waals surface area (Å²) in [4.78, 5) is 55.6. The van der Waals surface area contributed by atoms with Crippen molar-refractivity contribution in [2.75, 3.05) is 33.7 Å². The van der Waals surface area contributed by atoms with Gasteiger partial charge in [0.15, 0.2) is 0 Å². The number of nitrogens with zero attached hydrogens (tertiary/aromatic N) is 18. The first-order chi connectivity index (χ1) is 46.5. The molecule has 14 heterocycles. The van der Waals surface area contributed by atoms with Crippen molar-refractivity contribution in [3.8, 4) is 44.5 Å². The van der Waals surface area contributed by atoms with Gasteiger partial charge in [-0.3, -0.25) is 39.9 Å². The SMILES string of the molecule is CN1[CH-]N(C2(c3[c-]c(C4(c5cc[n-]n5)c5cnccc5-c5ccncc54)ccc3)c3cnccc3-c3ccncc32)c2ncccc21.CN1[CH-]N(C2(c3c[c-]c(C4(c5cc[n-]n5)c5cnccc5-c5ccncc54)cc3)c3cnccc3-c3ccncc32)c2ncccc21.[Pt].[Pt]. The third kappa shape index (κ3) is 7.70. The molecule has 4 aliphatic carbocycles. The Morgan fingerprint density at radius 3 is 1.11 bits per heavy atom. The first-order valence-corrected chi connectivity index (χ1v) is 30.6. The summed E-state index contributed by atoms with van der Waals surface area (Å²) in [6.07, 6.45) is 37.5. The summed E-state index contributed by atoms with van der Waals surface area (Å²) in [6, 6.07) is 49.3. The van der Waals surface area contributed by atoms with Gasteiger partial charge in [-0.05, 0) is 165 Å². The van der Waals surface area contributed by atoms with Crippen molar-refractivity contribution in [3.63, 3.8) is 0 Å². The molecule has 96 heavy (non-hydrogen) atoms. The summed E-state index contributed by atoms with van der Waals surface area (Å²) < 4.78 is 0. The second kappa shape index (κ2) is 22.3. The smallest absolute Gasteiger partial charge is 0.122 e. The van der Waals surface area contributed by atoms with Gasteiger partial charge in [-0.2, -0.15) is 74.3 Å². The van der Waals surface area contributed by atoms with Gasteiger partial charge < -0.3 is 40.0 Å². The first-order valence-electron chi connectivity index (χ1n) is 30.6. The molecular weight excluding hydrogens is 1560 g/mol. The number of fused-ring (bicyclic) bond motifs is 14. The molecule has 0 radical (unpaired) electrons. The molecule has 0 unspecified atom stereocenters. The summed E-state index contributed by atoms with van der Waals surface area (Å²) in [5.41, 5.74) is 21.0. The minimum atomic E-state index is -0.899. The average Bonchev–Trinajstić information content (AvgIpc) is 1.59. The summed E-state index contributed by atoms with van der Waals surface area (Å²) >= 11 is 0. The second-order valence-electron chi connectivity index (χ2n) is 24.0. The zero-order valence-electron chi connectivity index (χ0n) is 50.9. The Kier molecular flexibility index (Phi) is 13.6. The van der Waals surface area contributed by atoms with Gasteiger partial charge in [0.1, 0.15) is 11.6 Å². The fourth-order valence-corrected chi connectivity index (χ4v) is 16.2. The molecule has 468 valence electrons. The van der Waals surface area contributed by atoms with Crippen molar-refractivity contribution in [2.24, 2.45) is 0 Å². The van der Waals surface area contributed by atoms with E-state index in [4.69, 9.17) is 15.1 Å². The van der Waals surface area contributed by atoms with E-state index in [-0.39, 0.29) is 42.1 Å². The maximum absolute atomic E-state index is 4.93. The van der Waals surface area contributed by atoms with Crippen LogP contribution in [0.15, 0.2) is 245 Å². The third-order valence-electron chi connectivity index (χ3n) is 19.9. The monoisotopic (exact) mass is 1600 g/mol. The summed E-state index contributed by atoms with van der Waals surface area (Å²) in [7, 11) is 4.10. The standard InChI is InChI=1S/2C38H24N9.2Pt/c1-46-23-47(36-34(46)6-3-12-43-36)38(32-21-41-15-9-28(32)29-10-16-42-22-33(29)38)25-5-2-4-24(18-25)37(35-11-17-44-45-35)30-19-39-13-7-26(30)27-8-14-40-20-31(27)37;1-46-23-47(36-34(46)3-2-13-43-36)38(32-21-41-16-10-28(32)29-11-17-42-22-33(29)38)25-6-4-24(5-7-25)37(35-12-18-44-45-35)30-19-39-14-8-26(30)27-9-15-40-20-31(27)37;;/h2-17,19-23H,1H3;2-4,6-23H,1H3;;/q2*-3;;. The predicted octanol–water partition coefficient (Wildman–Crippen LogP) is 11.0. The van der Waals surface area contributed by atoms with Crippen LogP contribution in [0.1, 0.15) is 78.1 Å². The Morgan fingerprint density at radius 2 is 0.729 bits per heavy atom. The van der Waals surface area contributed by atoms with Crippen molar-refractivity contribution >= 4 is 23.0 Å². The van der Waals surface area contributed by atoms with Gasteiger partial charge in [0.2, 0.25) is 0 Å². The topological polar surface area (TPSA) is 196 Å². The molecule has 14 aromatic rings. The van der Waals surface area contributed by atoms with Crippen LogP contribution in [-0.2, 0) is 64.0 Å². The largest absolute Gasteiger partial charge is 0.581 e. The normalized spacial score (nSPS) is 15.6. The Bertz CT molecular complexity index is 5170. The summed E-state index contributed by atoms with van der Waals surface area (Å²) in [5.74, 6) is 1.69. The molecule has 0 spiro atoms. The van der Waals surface area contributed by atoms with Crippen LogP contribution in [0.25, 0.3) is 44.5 Å². The molecule has 6 aliphatic rings. The van der Waals surface area contributed by atoms with Crippen LogP contribution in [0.4, 0.5) is 23.0 Å². The zero-order valence-corrected chi connectivity index (χ0v) is 55.5. The van der Waals surface area contributed by atoms with Crippen molar-refractivity contribution in [1.29, 1.82) is 0 Å². The van der Waals surface area contributed by atoms with E-state index in [1.165, 1.54) is 0 Å². The maximum Gasteiger partial charge on any atom is 0.122 e. The van der Waals surface area contributed by atoms with E-state index in [0.717, 1.165) is 146 Å². The fourth-order valence-electron chi connectivity index (χ4n) is 16.2. The van der Waals surface area contributed by atoms with Crippen LogP contribution in [0.5, 0.6) is 0 Å². The molecule has 20 rings (SSSR count). The van der Waals surface area contributed by atoms with Gasteiger partial charge in [0.05, 0.1) is 21.9 Å². The second-order valence-corrected chi connectivity index (χ2v) is 24.0. The molecule has 2 aromatic carbocycles. The van der Waals surface area contributed by atoms with E-state index < -0.39 is 21.9 Å². The zero-order chi connectivity index (χ0) is 62.3. The molecule has 0 N–H and O–H groups in total. The number of pyridine rings is 10. The number of benzene rings is 2. The number of rotatable bonds is 8. The molecule has 0 amide bonds. The van der Waals surface area contributed by atoms with E-state index in [2.05, 4.69) is 204 Å². The fraction of sp³-hybridized carbons (Fsp3) is 0.0789. The maximum atomic E-state index is 4.93. The quantitative estimate of drug-likeness (QED) is 0.130. The van der Waals surface area contributed by atoms with Crippen LogP contribution in [-0.4, -0.2) is 74.1 Å². The van der Waals surface area contributed by atoms with E-state index in [0.29, 0.717) is 0 Å². The molecule has 0 atom stereocenters. The van der Waals surface area contributed by atoms with Gasteiger partial charge in [-0.15, -0.1) is 22.3 Å². The Labute approximate surface area is 580 Å². The Balaban J connectivity index is 0.000000142. The Morgan fingerprint density at radius 1 is 0.365 bits per heavy atom. The molecule has 18 nitrogen and oxygen atoms in total. The molecular formula is C76H48N18Pt2-6. The number of hydrogen-bond acceptors (Lipinski definition) is 16. The van der Waals surface area contributed by atoms with Gasteiger partial charge >= 0.3 is 0 Å². The minimum absolute atomic E-state index is 0. The first kappa shape index (κ1) is 58.7. The van der Waals surface area contributed by atoms with Gasteiger partial charge in [-0.25, -0.2) is 9.97 Å². The molecule has 0 fully saturated rings. The van der Waals surface area contributed by atoms with Crippen molar-refractivity contribution < 1.29 is 42.1 Å². The van der Waals surface area contributed by atoms with Crippen LogP contribution in [0.3, 0.4) is 0 Å². The average molecular weight is 1600 g/mol. The van der Waals surface area contributed by atoms with Gasteiger partial charge in [-0.1, -0.05) is 12.1 Å². The predicted molar refractivity (Wildman–Crippen MR) is 352 cm³/mol. The molecule has 0 bridgehead atoms. The molecule has 0 saturated carbocycles. The van der Waals surface area contributed by atoms with Crippen molar-refractivity contribution in [1.82, 2.24) is 70.2 Å². The molecule has 0 saturated heterocycles. The molecule has 2 aliphatic heterocycles. The van der Waals surface area contributed by atoms with Crippen molar-refractivity contribution in [3.05, 3.63) is 349 Å². The summed E-state index contributed by atoms with van der Waals surface area (Å²) in [5, 5.41) is 17.9. The van der Waals surface area contributed by atoms with Crippen LogP contribution >= 0.6 is 0 Å².